The normalized spacial score (nSPS) is 10.3. The van der Waals surface area contributed by atoms with Crippen LogP contribution in [0.3, 0.4) is 0 Å². The summed E-state index contributed by atoms with van der Waals surface area (Å²) in [4.78, 5) is 0. The number of nitrogens with one attached hydrogen (secondary N) is 1. The molecule has 0 fully saturated rings. The first-order chi connectivity index (χ1) is 8.06. The number of hydrogen-bond donors (Lipinski definition) is 2. The van der Waals surface area contributed by atoms with E-state index in [-0.39, 0.29) is 5.82 Å². The largest absolute Gasteiger partial charge is 0.398 e. The summed E-state index contributed by atoms with van der Waals surface area (Å²) in [7, 11) is 0. The lowest BCUT2D eigenvalue weighted by molar-refractivity contribution is 0.631. The first kappa shape index (κ1) is 11.9. The highest BCUT2D eigenvalue weighted by molar-refractivity contribution is 9.10. The summed E-state index contributed by atoms with van der Waals surface area (Å²) in [5.74, 6) is -0.299. The molecule has 88 valence electrons. The summed E-state index contributed by atoms with van der Waals surface area (Å²) >= 11 is 3.30. The van der Waals surface area contributed by atoms with Crippen LogP contribution in [0.15, 0.2) is 40.9 Å². The van der Waals surface area contributed by atoms with Crippen molar-refractivity contribution in [2.75, 3.05) is 11.1 Å². The van der Waals surface area contributed by atoms with Gasteiger partial charge in [0, 0.05) is 15.8 Å². The smallest absolute Gasteiger partial charge is 0.146 e. The molecule has 0 saturated carbocycles. The van der Waals surface area contributed by atoms with Gasteiger partial charge in [-0.15, -0.1) is 0 Å². The van der Waals surface area contributed by atoms with Gasteiger partial charge in [-0.05, 0) is 42.8 Å². The number of nitrogens with two attached hydrogens (primary N) is 1. The molecule has 0 unspecified atom stereocenters. The Labute approximate surface area is 108 Å². The van der Waals surface area contributed by atoms with Crippen LogP contribution in [0, 0.1) is 12.7 Å². The van der Waals surface area contributed by atoms with E-state index in [1.165, 1.54) is 6.07 Å². The van der Waals surface area contributed by atoms with Gasteiger partial charge in [0.2, 0.25) is 0 Å². The van der Waals surface area contributed by atoms with Gasteiger partial charge in [0.25, 0.3) is 0 Å². The molecule has 0 saturated heterocycles. The molecule has 4 heteroatoms. The number of nitrogen functional groups attached to an aromatic ring is 1. The predicted molar refractivity (Wildman–Crippen MR) is 73.0 cm³/mol. The van der Waals surface area contributed by atoms with Crippen molar-refractivity contribution in [1.29, 1.82) is 0 Å². The fourth-order valence-corrected chi connectivity index (χ4v) is 1.83. The summed E-state index contributed by atoms with van der Waals surface area (Å²) < 4.78 is 14.3. The van der Waals surface area contributed by atoms with Crippen molar-refractivity contribution < 1.29 is 4.39 Å². The summed E-state index contributed by atoms with van der Waals surface area (Å²) in [6.45, 7) is 1.93. The van der Waals surface area contributed by atoms with Crippen molar-refractivity contribution in [3.8, 4) is 0 Å². The number of anilines is 3. The molecule has 0 radical (unpaired) electrons. The van der Waals surface area contributed by atoms with Crippen LogP contribution in [-0.2, 0) is 0 Å². The highest BCUT2D eigenvalue weighted by atomic mass is 79.9. The van der Waals surface area contributed by atoms with Gasteiger partial charge in [-0.25, -0.2) is 4.39 Å². The maximum absolute atomic E-state index is 13.5. The van der Waals surface area contributed by atoms with Gasteiger partial charge in [-0.1, -0.05) is 22.0 Å². The number of hydrogen-bond acceptors (Lipinski definition) is 2. The molecule has 0 aliphatic heterocycles. The topological polar surface area (TPSA) is 38.0 Å². The van der Waals surface area contributed by atoms with E-state index in [4.69, 9.17) is 5.73 Å². The predicted octanol–water partition coefficient (Wildman–Crippen LogP) is 4.22. The van der Waals surface area contributed by atoms with Crippen molar-refractivity contribution in [2.24, 2.45) is 0 Å². The van der Waals surface area contributed by atoms with E-state index in [1.54, 1.807) is 18.2 Å². The van der Waals surface area contributed by atoms with Crippen LogP contribution in [0.25, 0.3) is 0 Å². The fourth-order valence-electron chi connectivity index (χ4n) is 1.47. The highest BCUT2D eigenvalue weighted by Crippen LogP contribution is 2.25. The van der Waals surface area contributed by atoms with E-state index in [0.29, 0.717) is 11.4 Å². The minimum absolute atomic E-state index is 0.299. The SMILES string of the molecule is Cc1ccc(Nc2cc(Br)ccc2F)cc1N. The van der Waals surface area contributed by atoms with Crippen molar-refractivity contribution in [3.05, 3.63) is 52.3 Å². The van der Waals surface area contributed by atoms with Gasteiger partial charge in [0.1, 0.15) is 5.82 Å². The first-order valence-corrected chi connectivity index (χ1v) is 5.94. The van der Waals surface area contributed by atoms with Crippen molar-refractivity contribution >= 4 is 33.0 Å². The van der Waals surface area contributed by atoms with E-state index in [9.17, 15) is 4.39 Å². The van der Waals surface area contributed by atoms with Crippen molar-refractivity contribution in [1.82, 2.24) is 0 Å². The third-order valence-electron chi connectivity index (χ3n) is 2.49. The zero-order chi connectivity index (χ0) is 12.4. The van der Waals surface area contributed by atoms with Crippen LogP contribution in [0.1, 0.15) is 5.56 Å². The molecular formula is C13H12BrFN2. The standard InChI is InChI=1S/C13H12BrFN2/c1-8-2-4-10(7-12(8)16)17-13-6-9(14)3-5-11(13)15/h2-7,17H,16H2,1H3. The lowest BCUT2D eigenvalue weighted by Crippen LogP contribution is -1.96. The lowest BCUT2D eigenvalue weighted by atomic mass is 10.2. The summed E-state index contributed by atoms with van der Waals surface area (Å²) in [5.41, 5.74) is 8.68. The molecule has 2 rings (SSSR count). The van der Waals surface area contributed by atoms with Gasteiger partial charge in [0.05, 0.1) is 5.69 Å². The van der Waals surface area contributed by atoms with Crippen LogP contribution in [0.4, 0.5) is 21.5 Å². The van der Waals surface area contributed by atoms with Crippen LogP contribution < -0.4 is 11.1 Å². The average molecular weight is 295 g/mol. The van der Waals surface area contributed by atoms with Crippen molar-refractivity contribution in [3.63, 3.8) is 0 Å². The van der Waals surface area contributed by atoms with Gasteiger partial charge >= 0.3 is 0 Å². The molecule has 0 aliphatic rings. The minimum atomic E-state index is -0.299. The minimum Gasteiger partial charge on any atom is -0.398 e. The zero-order valence-corrected chi connectivity index (χ0v) is 10.9. The van der Waals surface area contributed by atoms with E-state index in [0.717, 1.165) is 15.7 Å². The summed E-state index contributed by atoms with van der Waals surface area (Å²) in [6, 6.07) is 10.3. The molecule has 2 nitrogen and oxygen atoms in total. The summed E-state index contributed by atoms with van der Waals surface area (Å²) in [6.07, 6.45) is 0. The second-order valence-electron chi connectivity index (χ2n) is 3.82. The molecule has 2 aromatic rings. The molecule has 0 bridgehead atoms. The maximum Gasteiger partial charge on any atom is 0.146 e. The van der Waals surface area contributed by atoms with Crippen LogP contribution in [-0.4, -0.2) is 0 Å². The molecule has 0 spiro atoms. The monoisotopic (exact) mass is 294 g/mol. The Hall–Kier alpha value is -1.55. The van der Waals surface area contributed by atoms with E-state index in [2.05, 4.69) is 21.2 Å². The molecule has 0 aromatic heterocycles. The molecule has 2 aromatic carbocycles. The fraction of sp³-hybridized carbons (Fsp3) is 0.0769. The van der Waals surface area contributed by atoms with Crippen LogP contribution >= 0.6 is 15.9 Å². The van der Waals surface area contributed by atoms with Gasteiger partial charge < -0.3 is 11.1 Å². The van der Waals surface area contributed by atoms with Crippen molar-refractivity contribution in [2.45, 2.75) is 6.92 Å². The third kappa shape index (κ3) is 2.77. The molecule has 0 atom stereocenters. The molecule has 0 aliphatic carbocycles. The molecular weight excluding hydrogens is 283 g/mol. The second kappa shape index (κ2) is 4.75. The Morgan fingerprint density at radius 2 is 1.94 bits per heavy atom. The number of benzene rings is 2. The van der Waals surface area contributed by atoms with E-state index >= 15 is 0 Å². The van der Waals surface area contributed by atoms with Crippen LogP contribution in [0.5, 0.6) is 0 Å². The first-order valence-electron chi connectivity index (χ1n) is 5.14. The van der Waals surface area contributed by atoms with E-state index in [1.807, 2.05) is 19.1 Å². The maximum atomic E-state index is 13.5. The number of halogens is 2. The Balaban J connectivity index is 2.31. The summed E-state index contributed by atoms with van der Waals surface area (Å²) in [5, 5.41) is 3.00. The Bertz CT molecular complexity index is 555. The molecule has 0 heterocycles. The molecule has 0 amide bonds. The highest BCUT2D eigenvalue weighted by Gasteiger charge is 2.04. The number of rotatable bonds is 2. The lowest BCUT2D eigenvalue weighted by Gasteiger charge is -2.09. The Morgan fingerprint density at radius 3 is 2.65 bits per heavy atom. The quantitative estimate of drug-likeness (QED) is 0.814. The molecule has 3 N–H and O–H groups in total. The van der Waals surface area contributed by atoms with Crippen LogP contribution in [0.2, 0.25) is 0 Å². The van der Waals surface area contributed by atoms with Gasteiger partial charge in [-0.2, -0.15) is 0 Å². The second-order valence-corrected chi connectivity index (χ2v) is 4.74. The van der Waals surface area contributed by atoms with Gasteiger partial charge in [-0.3, -0.25) is 0 Å². The number of aryl methyl sites for hydroxylation is 1. The molecule has 17 heavy (non-hydrogen) atoms. The van der Waals surface area contributed by atoms with Gasteiger partial charge in [0.15, 0.2) is 0 Å². The zero-order valence-electron chi connectivity index (χ0n) is 9.30. The third-order valence-corrected chi connectivity index (χ3v) is 2.98. The Morgan fingerprint density at radius 1 is 1.18 bits per heavy atom. The average Bonchev–Trinajstić information content (AvgIpc) is 2.29. The van der Waals surface area contributed by atoms with E-state index < -0.39 is 0 Å². The Kier molecular flexibility index (Phi) is 3.33.